The molecular weight excluding hydrogens is 264 g/mol. The van der Waals surface area contributed by atoms with Gasteiger partial charge in [0.1, 0.15) is 5.69 Å². The fraction of sp³-hybridized carbons (Fsp3) is 0.312. The smallest absolute Gasteiger partial charge is 0.270 e. The lowest BCUT2D eigenvalue weighted by atomic mass is 10.2. The van der Waals surface area contributed by atoms with Crippen molar-refractivity contribution in [3.63, 3.8) is 0 Å². The molecule has 112 valence electrons. The van der Waals surface area contributed by atoms with E-state index in [-0.39, 0.29) is 5.91 Å². The molecule has 1 aromatic heterocycles. The minimum atomic E-state index is -0.0362. The number of aryl methyl sites for hydroxylation is 1. The highest BCUT2D eigenvalue weighted by Gasteiger charge is 2.15. The molecule has 1 aromatic carbocycles. The Morgan fingerprint density at radius 1 is 1.19 bits per heavy atom. The van der Waals surface area contributed by atoms with E-state index in [1.807, 2.05) is 50.3 Å². The number of carbonyl (C=O) groups is 1. The molecule has 5 nitrogen and oxygen atoms in total. The van der Waals surface area contributed by atoms with Gasteiger partial charge in [-0.05, 0) is 23.8 Å². The molecule has 2 rings (SSSR count). The van der Waals surface area contributed by atoms with Crippen LogP contribution >= 0.6 is 0 Å². The summed E-state index contributed by atoms with van der Waals surface area (Å²) in [4.78, 5) is 16.1. The summed E-state index contributed by atoms with van der Waals surface area (Å²) >= 11 is 0. The van der Waals surface area contributed by atoms with Gasteiger partial charge in [0.25, 0.3) is 5.91 Å². The van der Waals surface area contributed by atoms with E-state index in [4.69, 9.17) is 5.73 Å². The van der Waals surface area contributed by atoms with Crippen LogP contribution in [0.3, 0.4) is 0 Å². The Kier molecular flexibility index (Phi) is 4.21. The fourth-order valence-electron chi connectivity index (χ4n) is 2.24. The van der Waals surface area contributed by atoms with Gasteiger partial charge in [-0.15, -0.1) is 0 Å². The van der Waals surface area contributed by atoms with E-state index in [9.17, 15) is 4.79 Å². The zero-order valence-electron chi connectivity index (χ0n) is 13.0. The Morgan fingerprint density at radius 2 is 1.81 bits per heavy atom. The van der Waals surface area contributed by atoms with Gasteiger partial charge in [0, 0.05) is 46.6 Å². The SMILES string of the molecule is CN(Cc1ccc(N(C)C)cc1)C(=O)c1cc(N)cn1C. The van der Waals surface area contributed by atoms with E-state index < -0.39 is 0 Å². The normalized spacial score (nSPS) is 10.5. The van der Waals surface area contributed by atoms with E-state index in [0.29, 0.717) is 17.9 Å². The summed E-state index contributed by atoms with van der Waals surface area (Å²) < 4.78 is 1.75. The van der Waals surface area contributed by atoms with Crippen molar-refractivity contribution in [1.82, 2.24) is 9.47 Å². The predicted octanol–water partition coefficient (Wildman–Crippen LogP) is 1.95. The molecule has 2 aromatic rings. The number of aromatic nitrogens is 1. The second-order valence-corrected chi connectivity index (χ2v) is 5.49. The topological polar surface area (TPSA) is 54.5 Å². The van der Waals surface area contributed by atoms with Crippen molar-refractivity contribution in [3.8, 4) is 0 Å². The Labute approximate surface area is 125 Å². The first kappa shape index (κ1) is 15.0. The third-order valence-electron chi connectivity index (χ3n) is 3.46. The molecule has 5 heteroatoms. The number of hydrogen-bond acceptors (Lipinski definition) is 3. The first-order valence-corrected chi connectivity index (χ1v) is 6.82. The van der Waals surface area contributed by atoms with Crippen LogP contribution in [0.25, 0.3) is 0 Å². The van der Waals surface area contributed by atoms with Crippen LogP contribution in [0.5, 0.6) is 0 Å². The van der Waals surface area contributed by atoms with Gasteiger partial charge in [0.05, 0.1) is 5.69 Å². The highest BCUT2D eigenvalue weighted by Crippen LogP contribution is 2.15. The molecule has 0 saturated carbocycles. The lowest BCUT2D eigenvalue weighted by molar-refractivity contribution is 0.0775. The largest absolute Gasteiger partial charge is 0.397 e. The summed E-state index contributed by atoms with van der Waals surface area (Å²) in [5, 5.41) is 0. The van der Waals surface area contributed by atoms with Crippen LogP contribution in [-0.4, -0.2) is 36.5 Å². The molecule has 0 spiro atoms. The van der Waals surface area contributed by atoms with Crippen molar-refractivity contribution in [2.24, 2.45) is 7.05 Å². The number of carbonyl (C=O) groups excluding carboxylic acids is 1. The summed E-state index contributed by atoms with van der Waals surface area (Å²) in [5.74, 6) is -0.0362. The molecule has 0 unspecified atom stereocenters. The molecular formula is C16H22N4O. The number of benzene rings is 1. The summed E-state index contributed by atoms with van der Waals surface area (Å²) in [6.07, 6.45) is 1.74. The maximum atomic E-state index is 12.4. The first-order valence-electron chi connectivity index (χ1n) is 6.82. The molecule has 0 bridgehead atoms. The number of nitrogen functional groups attached to an aromatic ring is 1. The van der Waals surface area contributed by atoms with Gasteiger partial charge < -0.3 is 20.1 Å². The molecule has 0 aliphatic rings. The molecule has 0 saturated heterocycles. The van der Waals surface area contributed by atoms with Gasteiger partial charge in [0.2, 0.25) is 0 Å². The Morgan fingerprint density at radius 3 is 2.29 bits per heavy atom. The van der Waals surface area contributed by atoms with Crippen LogP contribution in [0.15, 0.2) is 36.5 Å². The van der Waals surface area contributed by atoms with Crippen LogP contribution in [0.2, 0.25) is 0 Å². The van der Waals surface area contributed by atoms with Gasteiger partial charge in [-0.2, -0.15) is 0 Å². The molecule has 0 aliphatic carbocycles. The number of anilines is 2. The zero-order valence-corrected chi connectivity index (χ0v) is 13.0. The molecule has 1 amide bonds. The highest BCUT2D eigenvalue weighted by molar-refractivity contribution is 5.93. The molecule has 0 fully saturated rings. The summed E-state index contributed by atoms with van der Waals surface area (Å²) in [6, 6.07) is 9.88. The fourth-order valence-corrected chi connectivity index (χ4v) is 2.24. The summed E-state index contributed by atoms with van der Waals surface area (Å²) in [6.45, 7) is 0.567. The van der Waals surface area contributed by atoms with Crippen LogP contribution in [-0.2, 0) is 13.6 Å². The van der Waals surface area contributed by atoms with Crippen molar-refractivity contribution in [1.29, 1.82) is 0 Å². The van der Waals surface area contributed by atoms with Crippen molar-refractivity contribution in [2.45, 2.75) is 6.54 Å². The highest BCUT2D eigenvalue weighted by atomic mass is 16.2. The quantitative estimate of drug-likeness (QED) is 0.934. The second kappa shape index (κ2) is 5.91. The van der Waals surface area contributed by atoms with E-state index in [1.165, 1.54) is 0 Å². The van der Waals surface area contributed by atoms with Gasteiger partial charge >= 0.3 is 0 Å². The van der Waals surface area contributed by atoms with Crippen molar-refractivity contribution in [2.75, 3.05) is 31.8 Å². The van der Waals surface area contributed by atoms with Crippen molar-refractivity contribution < 1.29 is 4.79 Å². The lowest BCUT2D eigenvalue weighted by Crippen LogP contribution is -2.27. The molecule has 0 radical (unpaired) electrons. The van der Waals surface area contributed by atoms with Crippen molar-refractivity contribution in [3.05, 3.63) is 47.8 Å². The maximum absolute atomic E-state index is 12.4. The molecule has 2 N–H and O–H groups in total. The lowest BCUT2D eigenvalue weighted by Gasteiger charge is -2.18. The standard InChI is InChI=1S/C16H22N4O/c1-18(2)14-7-5-12(6-8-14)10-20(4)16(21)15-9-13(17)11-19(15)3/h5-9,11H,10,17H2,1-4H3. The number of rotatable bonds is 4. The number of nitrogens with zero attached hydrogens (tertiary/aromatic N) is 3. The zero-order chi connectivity index (χ0) is 15.6. The molecule has 1 heterocycles. The van der Waals surface area contributed by atoms with E-state index in [2.05, 4.69) is 0 Å². The average Bonchev–Trinajstić information content (AvgIpc) is 2.77. The minimum Gasteiger partial charge on any atom is -0.397 e. The van der Waals surface area contributed by atoms with Crippen LogP contribution in [0.4, 0.5) is 11.4 Å². The number of nitrogens with two attached hydrogens (primary N) is 1. The van der Waals surface area contributed by atoms with E-state index >= 15 is 0 Å². The van der Waals surface area contributed by atoms with Crippen molar-refractivity contribution >= 4 is 17.3 Å². The van der Waals surface area contributed by atoms with Gasteiger partial charge in [-0.1, -0.05) is 12.1 Å². The number of hydrogen-bond donors (Lipinski definition) is 1. The average molecular weight is 286 g/mol. The van der Waals surface area contributed by atoms with Crippen LogP contribution < -0.4 is 10.6 Å². The van der Waals surface area contributed by atoms with Gasteiger partial charge in [-0.3, -0.25) is 4.79 Å². The van der Waals surface area contributed by atoms with E-state index in [1.54, 1.807) is 28.8 Å². The van der Waals surface area contributed by atoms with Crippen LogP contribution in [0.1, 0.15) is 16.1 Å². The maximum Gasteiger partial charge on any atom is 0.270 e. The first-order chi connectivity index (χ1) is 9.88. The van der Waals surface area contributed by atoms with Gasteiger partial charge in [-0.25, -0.2) is 0 Å². The molecule has 0 aliphatic heterocycles. The van der Waals surface area contributed by atoms with Crippen LogP contribution in [0, 0.1) is 0 Å². The predicted molar refractivity (Wildman–Crippen MR) is 86.4 cm³/mol. The minimum absolute atomic E-state index is 0.0362. The monoisotopic (exact) mass is 286 g/mol. The summed E-state index contributed by atoms with van der Waals surface area (Å²) in [7, 11) is 7.63. The summed E-state index contributed by atoms with van der Waals surface area (Å²) in [5.41, 5.74) is 9.15. The van der Waals surface area contributed by atoms with Gasteiger partial charge in [0.15, 0.2) is 0 Å². The second-order valence-electron chi connectivity index (χ2n) is 5.49. The third kappa shape index (κ3) is 3.37. The Bertz CT molecular complexity index is 628. The molecule has 21 heavy (non-hydrogen) atoms. The Hall–Kier alpha value is -2.43. The Balaban J connectivity index is 2.08. The number of amides is 1. The van der Waals surface area contributed by atoms with E-state index in [0.717, 1.165) is 11.3 Å². The molecule has 0 atom stereocenters. The third-order valence-corrected chi connectivity index (χ3v) is 3.46.